The van der Waals surface area contributed by atoms with Crippen molar-refractivity contribution in [3.63, 3.8) is 0 Å². The van der Waals surface area contributed by atoms with E-state index in [-0.39, 0.29) is 21.9 Å². The Kier molecular flexibility index (Phi) is 4.76. The van der Waals surface area contributed by atoms with Gasteiger partial charge in [-0.1, -0.05) is 11.6 Å². The number of halogens is 1. The molecule has 2 unspecified atom stereocenters. The molecule has 9 heteroatoms. The van der Waals surface area contributed by atoms with Gasteiger partial charge in [-0.05, 0) is 6.92 Å². The molecule has 1 aromatic rings. The third kappa shape index (κ3) is 3.60. The molecule has 0 aliphatic rings. The van der Waals surface area contributed by atoms with Crippen LogP contribution < -0.4 is 5.32 Å². The van der Waals surface area contributed by atoms with Gasteiger partial charge in [-0.2, -0.15) is 0 Å². The van der Waals surface area contributed by atoms with Crippen LogP contribution in [0.1, 0.15) is 6.92 Å². The molecule has 0 saturated heterocycles. The lowest BCUT2D eigenvalue weighted by atomic mass is 10.4. The molecular weight excluding hydrogens is 268 g/mol. The lowest BCUT2D eigenvalue weighted by Gasteiger charge is -2.10. The number of nitrogens with zero attached hydrogens (tertiary/aromatic N) is 3. The zero-order chi connectivity index (χ0) is 13.0. The van der Waals surface area contributed by atoms with Gasteiger partial charge in [0.15, 0.2) is 0 Å². The molecule has 0 aromatic carbocycles. The Bertz CT molecular complexity index is 456. The minimum atomic E-state index is -1.02. The topological polar surface area (TPSA) is 98.0 Å². The Morgan fingerprint density at radius 1 is 1.65 bits per heavy atom. The van der Waals surface area contributed by atoms with Crippen molar-refractivity contribution in [1.29, 1.82) is 0 Å². The molecule has 17 heavy (non-hydrogen) atoms. The molecule has 0 fully saturated rings. The first kappa shape index (κ1) is 13.8. The van der Waals surface area contributed by atoms with Gasteiger partial charge in [0, 0.05) is 28.9 Å². The largest absolute Gasteiger partial charge is 0.363 e. The molecule has 1 rings (SSSR count). The minimum Gasteiger partial charge on any atom is -0.363 e. The quantitative estimate of drug-likeness (QED) is 0.494. The van der Waals surface area contributed by atoms with Crippen molar-refractivity contribution in [2.24, 2.45) is 0 Å². The molecule has 0 aliphatic heterocycles. The zero-order valence-corrected chi connectivity index (χ0v) is 10.8. The minimum absolute atomic E-state index is 0.0345. The van der Waals surface area contributed by atoms with Crippen LogP contribution in [-0.4, -0.2) is 37.2 Å². The number of nitro groups is 1. The van der Waals surface area contributed by atoms with Crippen molar-refractivity contribution in [1.82, 2.24) is 9.97 Å². The molecule has 1 heterocycles. The molecule has 7 nitrogen and oxygen atoms in total. The van der Waals surface area contributed by atoms with E-state index in [1.165, 1.54) is 0 Å². The van der Waals surface area contributed by atoms with E-state index in [9.17, 15) is 14.3 Å². The van der Waals surface area contributed by atoms with Crippen LogP contribution in [-0.2, 0) is 10.8 Å². The highest BCUT2D eigenvalue weighted by molar-refractivity contribution is 7.84. The predicted molar refractivity (Wildman–Crippen MR) is 65.7 cm³/mol. The third-order valence-electron chi connectivity index (χ3n) is 2.08. The maximum absolute atomic E-state index is 11.1. The van der Waals surface area contributed by atoms with E-state index in [1.54, 1.807) is 13.2 Å². The Hall–Kier alpha value is -1.28. The molecule has 2 atom stereocenters. The van der Waals surface area contributed by atoms with Crippen LogP contribution >= 0.6 is 11.6 Å². The van der Waals surface area contributed by atoms with Crippen molar-refractivity contribution in [2.45, 2.75) is 12.2 Å². The first-order valence-electron chi connectivity index (χ1n) is 4.64. The fraction of sp³-hybridized carbons (Fsp3) is 0.500. The number of hydrogen-bond donors (Lipinski definition) is 1. The van der Waals surface area contributed by atoms with E-state index < -0.39 is 15.7 Å². The summed E-state index contributed by atoms with van der Waals surface area (Å²) in [5.74, 6) is 0.0345. The molecule has 94 valence electrons. The highest BCUT2D eigenvalue weighted by Crippen LogP contribution is 2.28. The van der Waals surface area contributed by atoms with Crippen LogP contribution in [0, 0.1) is 10.1 Å². The SMILES string of the molecule is CC(CNc1ncnc(Cl)c1[N+](=O)[O-])S(C)=O. The smallest absolute Gasteiger partial charge is 0.348 e. The van der Waals surface area contributed by atoms with Crippen LogP contribution in [0.4, 0.5) is 11.5 Å². The van der Waals surface area contributed by atoms with E-state index in [0.29, 0.717) is 6.54 Å². The molecule has 0 spiro atoms. The summed E-state index contributed by atoms with van der Waals surface area (Å²) in [4.78, 5) is 17.4. The van der Waals surface area contributed by atoms with Crippen molar-refractivity contribution in [3.05, 3.63) is 21.6 Å². The van der Waals surface area contributed by atoms with Gasteiger partial charge in [0.05, 0.1) is 4.92 Å². The highest BCUT2D eigenvalue weighted by Gasteiger charge is 2.21. The van der Waals surface area contributed by atoms with E-state index in [1.807, 2.05) is 0 Å². The predicted octanol–water partition coefficient (Wildman–Crippen LogP) is 1.22. The number of nitrogens with one attached hydrogen (secondary N) is 1. The average molecular weight is 279 g/mol. The average Bonchev–Trinajstić information content (AvgIpc) is 2.24. The fourth-order valence-corrected chi connectivity index (χ4v) is 1.53. The standard InChI is InChI=1S/C8H11ClN4O3S/c1-5(17(2)16)3-10-8-6(13(14)15)7(9)11-4-12-8/h4-5H,3H2,1-2H3,(H,10,11,12). The van der Waals surface area contributed by atoms with Crippen molar-refractivity contribution in [3.8, 4) is 0 Å². The van der Waals surface area contributed by atoms with Crippen LogP contribution in [0.15, 0.2) is 6.33 Å². The van der Waals surface area contributed by atoms with Crippen LogP contribution in [0.3, 0.4) is 0 Å². The van der Waals surface area contributed by atoms with Crippen LogP contribution in [0.5, 0.6) is 0 Å². The highest BCUT2D eigenvalue weighted by atomic mass is 35.5. The normalized spacial score (nSPS) is 14.1. The first-order valence-corrected chi connectivity index (χ1v) is 6.64. The molecule has 1 aromatic heterocycles. The fourth-order valence-electron chi connectivity index (χ4n) is 1.01. The molecule has 1 N–H and O–H groups in total. The lowest BCUT2D eigenvalue weighted by Crippen LogP contribution is -2.21. The number of aromatic nitrogens is 2. The number of hydrogen-bond acceptors (Lipinski definition) is 6. The van der Waals surface area contributed by atoms with Crippen LogP contribution in [0.25, 0.3) is 0 Å². The first-order chi connectivity index (χ1) is 7.93. The summed E-state index contributed by atoms with van der Waals surface area (Å²) in [5.41, 5.74) is -0.372. The van der Waals surface area contributed by atoms with E-state index >= 15 is 0 Å². The zero-order valence-electron chi connectivity index (χ0n) is 9.21. The maximum atomic E-state index is 11.1. The summed E-state index contributed by atoms with van der Waals surface area (Å²) in [6.45, 7) is 2.06. The van der Waals surface area contributed by atoms with E-state index in [2.05, 4.69) is 15.3 Å². The molecule has 0 amide bonds. The second-order valence-corrected chi connectivity index (χ2v) is 5.47. The maximum Gasteiger partial charge on any atom is 0.348 e. The van der Waals surface area contributed by atoms with Gasteiger partial charge in [0.1, 0.15) is 6.33 Å². The van der Waals surface area contributed by atoms with E-state index in [0.717, 1.165) is 6.33 Å². The molecular formula is C8H11ClN4O3S. The Morgan fingerprint density at radius 3 is 2.82 bits per heavy atom. The van der Waals surface area contributed by atoms with Crippen LogP contribution in [0.2, 0.25) is 5.15 Å². The molecule has 0 bridgehead atoms. The van der Waals surface area contributed by atoms with Crippen molar-refractivity contribution < 1.29 is 9.13 Å². The second-order valence-electron chi connectivity index (χ2n) is 3.31. The summed E-state index contributed by atoms with van der Waals surface area (Å²) in [5, 5.41) is 13.1. The Labute approximate surface area is 105 Å². The summed E-state index contributed by atoms with van der Waals surface area (Å²) in [7, 11) is -1.02. The lowest BCUT2D eigenvalue weighted by molar-refractivity contribution is -0.384. The summed E-state index contributed by atoms with van der Waals surface area (Å²) in [6, 6.07) is 0. The van der Waals surface area contributed by atoms with Gasteiger partial charge >= 0.3 is 5.69 Å². The van der Waals surface area contributed by atoms with Crippen molar-refractivity contribution >= 4 is 33.9 Å². The molecule has 0 radical (unpaired) electrons. The van der Waals surface area contributed by atoms with Gasteiger partial charge in [-0.25, -0.2) is 9.97 Å². The summed E-state index contributed by atoms with van der Waals surface area (Å²) < 4.78 is 11.1. The van der Waals surface area contributed by atoms with Gasteiger partial charge in [0.2, 0.25) is 11.0 Å². The van der Waals surface area contributed by atoms with Gasteiger partial charge in [0.25, 0.3) is 0 Å². The Morgan fingerprint density at radius 2 is 2.29 bits per heavy atom. The third-order valence-corrected chi connectivity index (χ3v) is 3.66. The number of rotatable bonds is 5. The monoisotopic (exact) mass is 278 g/mol. The van der Waals surface area contributed by atoms with Gasteiger partial charge in [-0.15, -0.1) is 0 Å². The molecule has 0 saturated carbocycles. The molecule has 0 aliphatic carbocycles. The van der Waals surface area contributed by atoms with Crippen molar-refractivity contribution in [2.75, 3.05) is 18.1 Å². The van der Waals surface area contributed by atoms with Gasteiger partial charge < -0.3 is 5.32 Å². The number of anilines is 1. The second kappa shape index (κ2) is 5.87. The summed E-state index contributed by atoms with van der Waals surface area (Å²) >= 11 is 5.61. The Balaban J connectivity index is 2.88. The van der Waals surface area contributed by atoms with Gasteiger partial charge in [-0.3, -0.25) is 14.3 Å². The van der Waals surface area contributed by atoms with E-state index in [4.69, 9.17) is 11.6 Å². The summed E-state index contributed by atoms with van der Waals surface area (Å²) in [6.07, 6.45) is 2.69.